The molecule has 90 valence electrons. The van der Waals surface area contributed by atoms with E-state index in [1.165, 1.54) is 51.4 Å². The average molecular weight is 275 g/mol. The molecule has 1 heteroatoms. The molecule has 0 saturated heterocycles. The zero-order chi connectivity index (χ0) is 11.4. The maximum Gasteiger partial charge on any atom is 0.00338 e. The summed E-state index contributed by atoms with van der Waals surface area (Å²) in [6.07, 6.45) is 15.5. The lowest BCUT2D eigenvalue weighted by atomic mass is 10.0. The summed E-state index contributed by atoms with van der Waals surface area (Å²) in [4.78, 5) is 0. The Bertz CT molecular complexity index is 140. The van der Waals surface area contributed by atoms with Gasteiger partial charge in [0.25, 0.3) is 0 Å². The lowest BCUT2D eigenvalue weighted by Gasteiger charge is -2.06. The maximum atomic E-state index is 3.49. The second-order valence-corrected chi connectivity index (χ2v) is 5.27. The van der Waals surface area contributed by atoms with Gasteiger partial charge in [0, 0.05) is 5.33 Å². The normalized spacial score (nSPS) is 13.5. The molecule has 0 bridgehead atoms. The molecule has 15 heavy (non-hydrogen) atoms. The van der Waals surface area contributed by atoms with Crippen molar-refractivity contribution < 1.29 is 0 Å². The van der Waals surface area contributed by atoms with Crippen LogP contribution in [0.2, 0.25) is 0 Å². The van der Waals surface area contributed by atoms with Crippen LogP contribution in [0.5, 0.6) is 0 Å². The predicted octanol–water partition coefficient (Wildman–Crippen LogP) is 5.71. The number of alkyl halides is 1. The van der Waals surface area contributed by atoms with Crippen molar-refractivity contribution >= 4 is 15.9 Å². The lowest BCUT2D eigenvalue weighted by Crippen LogP contribution is -1.93. The van der Waals surface area contributed by atoms with Crippen LogP contribution in [-0.4, -0.2) is 5.33 Å². The fraction of sp³-hybridized carbons (Fsp3) is 0.857. The van der Waals surface area contributed by atoms with Gasteiger partial charge in [-0.25, -0.2) is 0 Å². The van der Waals surface area contributed by atoms with Crippen molar-refractivity contribution in [3.8, 4) is 0 Å². The Morgan fingerprint density at radius 3 is 2.40 bits per heavy atom. The Kier molecular flexibility index (Phi) is 12.5. The molecule has 0 saturated carbocycles. The second kappa shape index (κ2) is 12.3. The second-order valence-electron chi connectivity index (χ2n) is 4.48. The van der Waals surface area contributed by atoms with Gasteiger partial charge in [-0.1, -0.05) is 61.2 Å². The molecule has 0 aromatic rings. The quantitative estimate of drug-likeness (QED) is 0.272. The Labute approximate surface area is 105 Å². The van der Waals surface area contributed by atoms with Crippen LogP contribution in [0.1, 0.15) is 65.2 Å². The van der Waals surface area contributed by atoms with Crippen molar-refractivity contribution in [2.75, 3.05) is 5.33 Å². The summed E-state index contributed by atoms with van der Waals surface area (Å²) in [6, 6.07) is 0. The van der Waals surface area contributed by atoms with Gasteiger partial charge in [0.05, 0.1) is 0 Å². The third-order valence-electron chi connectivity index (χ3n) is 2.82. The smallest absolute Gasteiger partial charge is 0.00338 e. The fourth-order valence-electron chi connectivity index (χ4n) is 1.64. The first-order chi connectivity index (χ1) is 7.31. The van der Waals surface area contributed by atoms with E-state index in [1.54, 1.807) is 0 Å². The molecular weight excluding hydrogens is 248 g/mol. The number of unbranched alkanes of at least 4 members (excludes halogenated alkanes) is 4. The van der Waals surface area contributed by atoms with E-state index in [1.807, 2.05) is 0 Å². The van der Waals surface area contributed by atoms with E-state index in [-0.39, 0.29) is 0 Å². The van der Waals surface area contributed by atoms with E-state index >= 15 is 0 Å². The molecule has 0 aromatic heterocycles. The summed E-state index contributed by atoms with van der Waals surface area (Å²) in [7, 11) is 0. The lowest BCUT2D eigenvalue weighted by molar-refractivity contribution is 0.527. The molecule has 0 aromatic carbocycles. The molecule has 0 radical (unpaired) electrons. The third-order valence-corrected chi connectivity index (χ3v) is 3.28. The minimum atomic E-state index is 0.870. The zero-order valence-corrected chi connectivity index (χ0v) is 12.1. The molecule has 0 rings (SSSR count). The summed E-state index contributed by atoms with van der Waals surface area (Å²) in [5.41, 5.74) is 0. The van der Waals surface area contributed by atoms with Gasteiger partial charge in [0.15, 0.2) is 0 Å². The summed E-state index contributed by atoms with van der Waals surface area (Å²) in [6.45, 7) is 4.61. The van der Waals surface area contributed by atoms with Gasteiger partial charge in [-0.2, -0.15) is 0 Å². The van der Waals surface area contributed by atoms with Gasteiger partial charge in [-0.15, -0.1) is 0 Å². The van der Waals surface area contributed by atoms with Crippen LogP contribution in [0, 0.1) is 5.92 Å². The molecule has 0 N–H and O–H groups in total. The van der Waals surface area contributed by atoms with Gasteiger partial charge < -0.3 is 0 Å². The van der Waals surface area contributed by atoms with E-state index in [2.05, 4.69) is 41.9 Å². The first-order valence-corrected chi connectivity index (χ1v) is 7.64. The third kappa shape index (κ3) is 12.2. The summed E-state index contributed by atoms with van der Waals surface area (Å²) in [5, 5.41) is 1.15. The molecule has 0 aliphatic heterocycles. The molecule has 1 atom stereocenters. The summed E-state index contributed by atoms with van der Waals surface area (Å²) in [5.74, 6) is 0.870. The number of hydrogen-bond donors (Lipinski definition) is 0. The van der Waals surface area contributed by atoms with Gasteiger partial charge >= 0.3 is 0 Å². The standard InChI is InChI=1S/C14H27Br/c1-3-4-5-6-7-8-9-10-11-14(2)12-13-15/h8-9,14H,3-7,10-13H2,1-2H3/b9-8-/t14-/m1/s1. The average Bonchev–Trinajstić information content (AvgIpc) is 2.22. The first kappa shape index (κ1) is 15.2. The SMILES string of the molecule is CCCCCC/C=C\CC[C@@H](C)CCBr. The van der Waals surface area contributed by atoms with E-state index in [0.29, 0.717) is 0 Å². The number of halogens is 1. The fourth-order valence-corrected chi connectivity index (χ4v) is 2.42. The van der Waals surface area contributed by atoms with Gasteiger partial charge in [0.1, 0.15) is 0 Å². The van der Waals surface area contributed by atoms with Crippen LogP contribution < -0.4 is 0 Å². The van der Waals surface area contributed by atoms with Crippen LogP contribution in [0.15, 0.2) is 12.2 Å². The molecule has 0 amide bonds. The number of hydrogen-bond acceptors (Lipinski definition) is 0. The highest BCUT2D eigenvalue weighted by atomic mass is 79.9. The minimum Gasteiger partial charge on any atom is -0.0928 e. The predicted molar refractivity (Wildman–Crippen MR) is 74.7 cm³/mol. The minimum absolute atomic E-state index is 0.870. The van der Waals surface area contributed by atoms with Crippen molar-refractivity contribution in [3.63, 3.8) is 0 Å². The summed E-state index contributed by atoms with van der Waals surface area (Å²) >= 11 is 3.49. The van der Waals surface area contributed by atoms with Crippen molar-refractivity contribution in [1.82, 2.24) is 0 Å². The van der Waals surface area contributed by atoms with Crippen molar-refractivity contribution in [1.29, 1.82) is 0 Å². The highest BCUT2D eigenvalue weighted by Gasteiger charge is 1.97. The maximum absolute atomic E-state index is 3.49. The zero-order valence-electron chi connectivity index (χ0n) is 10.5. The Hall–Kier alpha value is 0.220. The van der Waals surface area contributed by atoms with Crippen molar-refractivity contribution in [2.24, 2.45) is 5.92 Å². The number of allylic oxidation sites excluding steroid dienone is 2. The van der Waals surface area contributed by atoms with Crippen molar-refractivity contribution in [2.45, 2.75) is 65.2 Å². The van der Waals surface area contributed by atoms with Gasteiger partial charge in [-0.05, 0) is 38.0 Å². The van der Waals surface area contributed by atoms with E-state index in [0.717, 1.165) is 11.2 Å². The monoisotopic (exact) mass is 274 g/mol. The molecule has 0 fully saturated rings. The Morgan fingerprint density at radius 2 is 1.73 bits per heavy atom. The molecule has 0 nitrogen and oxygen atoms in total. The van der Waals surface area contributed by atoms with Crippen LogP contribution in [0.4, 0.5) is 0 Å². The molecule has 0 heterocycles. The van der Waals surface area contributed by atoms with Crippen LogP contribution >= 0.6 is 15.9 Å². The van der Waals surface area contributed by atoms with E-state index in [4.69, 9.17) is 0 Å². The van der Waals surface area contributed by atoms with E-state index in [9.17, 15) is 0 Å². The Morgan fingerprint density at radius 1 is 1.00 bits per heavy atom. The highest BCUT2D eigenvalue weighted by molar-refractivity contribution is 9.09. The molecule has 0 aliphatic carbocycles. The topological polar surface area (TPSA) is 0 Å². The Balaban J connectivity index is 3.16. The molecule has 0 unspecified atom stereocenters. The number of rotatable bonds is 10. The van der Waals surface area contributed by atoms with Crippen molar-refractivity contribution in [3.05, 3.63) is 12.2 Å². The van der Waals surface area contributed by atoms with Crippen LogP contribution in [-0.2, 0) is 0 Å². The summed E-state index contributed by atoms with van der Waals surface area (Å²) < 4.78 is 0. The highest BCUT2D eigenvalue weighted by Crippen LogP contribution is 2.12. The van der Waals surface area contributed by atoms with Gasteiger partial charge in [0.2, 0.25) is 0 Å². The van der Waals surface area contributed by atoms with Crippen LogP contribution in [0.3, 0.4) is 0 Å². The van der Waals surface area contributed by atoms with Crippen LogP contribution in [0.25, 0.3) is 0 Å². The van der Waals surface area contributed by atoms with Gasteiger partial charge in [-0.3, -0.25) is 0 Å². The van der Waals surface area contributed by atoms with E-state index < -0.39 is 0 Å². The first-order valence-electron chi connectivity index (χ1n) is 6.52. The molecule has 0 spiro atoms. The molecule has 0 aliphatic rings. The molecular formula is C14H27Br. The largest absolute Gasteiger partial charge is 0.0928 e.